The van der Waals surface area contributed by atoms with E-state index in [0.29, 0.717) is 0 Å². The van der Waals surface area contributed by atoms with Crippen LogP contribution in [0.3, 0.4) is 0 Å². The maximum Gasteiger partial charge on any atom is 0.438 e. The van der Waals surface area contributed by atoms with Crippen molar-refractivity contribution in [3.05, 3.63) is 29.8 Å². The molecule has 0 unspecified atom stereocenters. The summed E-state index contributed by atoms with van der Waals surface area (Å²) in [6.07, 6.45) is 1.38. The fourth-order valence-electron chi connectivity index (χ4n) is 1.54. The number of benzene rings is 1. The van der Waals surface area contributed by atoms with Gasteiger partial charge >= 0.3 is 6.09 Å². The third kappa shape index (κ3) is 2.73. The van der Waals surface area contributed by atoms with E-state index in [1.54, 1.807) is 0 Å². The van der Waals surface area contributed by atoms with Crippen molar-refractivity contribution in [2.45, 2.75) is 19.8 Å². The molecule has 0 N–H and O–H groups in total. The Kier molecular flexibility index (Phi) is 4.79. The minimum absolute atomic E-state index is 0.522. The van der Waals surface area contributed by atoms with Crippen LogP contribution in [0, 0.1) is 0 Å². The topological polar surface area (TPSA) is 38.8 Å². The smallest absolute Gasteiger partial charge is 0.438 e. The van der Waals surface area contributed by atoms with Crippen molar-refractivity contribution in [3.8, 4) is 0 Å². The molecule has 0 spiro atoms. The molecule has 0 aliphatic heterocycles. The summed E-state index contributed by atoms with van der Waals surface area (Å²) in [5.74, 6) is 0. The van der Waals surface area contributed by atoms with Crippen molar-refractivity contribution in [3.63, 3.8) is 0 Å². The molecule has 0 bridgehead atoms. The van der Waals surface area contributed by atoms with Crippen LogP contribution in [-0.2, 0) is 16.0 Å². The van der Waals surface area contributed by atoms with Crippen LogP contribution in [0.2, 0.25) is 0 Å². The maximum absolute atomic E-state index is 11.5. The second-order valence-corrected chi connectivity index (χ2v) is 3.33. The maximum atomic E-state index is 11.5. The van der Waals surface area contributed by atoms with Crippen molar-refractivity contribution >= 4 is 11.8 Å². The highest BCUT2D eigenvalue weighted by Crippen LogP contribution is 2.22. The summed E-state index contributed by atoms with van der Waals surface area (Å²) in [6.45, 7) is 2.09. The number of carbonyl (C=O) groups is 1. The molecular formula is C12H17NO3. The first-order valence-electron chi connectivity index (χ1n) is 5.24. The van der Waals surface area contributed by atoms with E-state index in [9.17, 15) is 4.79 Å². The lowest BCUT2D eigenvalue weighted by molar-refractivity contribution is 0.115. The van der Waals surface area contributed by atoms with Gasteiger partial charge in [0.1, 0.15) is 0 Å². The first-order chi connectivity index (χ1) is 7.74. The van der Waals surface area contributed by atoms with Crippen LogP contribution in [0.5, 0.6) is 0 Å². The van der Waals surface area contributed by atoms with E-state index in [4.69, 9.17) is 4.84 Å². The van der Waals surface area contributed by atoms with Crippen LogP contribution in [0.1, 0.15) is 18.9 Å². The lowest BCUT2D eigenvalue weighted by Gasteiger charge is -2.20. The number of amides is 1. The van der Waals surface area contributed by atoms with Gasteiger partial charge in [0.15, 0.2) is 0 Å². The average molecular weight is 223 g/mol. The van der Waals surface area contributed by atoms with Gasteiger partial charge in [0.2, 0.25) is 0 Å². The quantitative estimate of drug-likeness (QED) is 0.737. The molecule has 0 saturated heterocycles. The zero-order valence-electron chi connectivity index (χ0n) is 9.90. The third-order valence-electron chi connectivity index (χ3n) is 2.25. The number of ether oxygens (including phenoxy) is 1. The number of methoxy groups -OCH3 is 1. The summed E-state index contributed by atoms with van der Waals surface area (Å²) in [4.78, 5) is 16.5. The van der Waals surface area contributed by atoms with Gasteiger partial charge in [0.25, 0.3) is 0 Å². The SMILES string of the molecule is CCCc1ccccc1N(OC)C(=O)OC. The molecule has 1 rings (SSSR count). The Morgan fingerprint density at radius 2 is 2.00 bits per heavy atom. The molecule has 0 aromatic heterocycles. The molecular weight excluding hydrogens is 206 g/mol. The van der Waals surface area contributed by atoms with Gasteiger partial charge in [0, 0.05) is 0 Å². The Hall–Kier alpha value is -1.55. The van der Waals surface area contributed by atoms with Gasteiger partial charge in [-0.25, -0.2) is 4.79 Å². The van der Waals surface area contributed by atoms with Crippen LogP contribution in [0.4, 0.5) is 10.5 Å². The van der Waals surface area contributed by atoms with E-state index in [1.807, 2.05) is 24.3 Å². The number of hydrogen-bond acceptors (Lipinski definition) is 3. The molecule has 0 saturated carbocycles. The van der Waals surface area contributed by atoms with E-state index in [1.165, 1.54) is 14.2 Å². The number of anilines is 1. The molecule has 16 heavy (non-hydrogen) atoms. The van der Waals surface area contributed by atoms with Gasteiger partial charge in [-0.1, -0.05) is 31.5 Å². The molecule has 0 aliphatic carbocycles. The van der Waals surface area contributed by atoms with E-state index in [2.05, 4.69) is 11.7 Å². The summed E-state index contributed by atoms with van der Waals surface area (Å²) < 4.78 is 4.65. The normalized spacial score (nSPS) is 9.94. The minimum atomic E-state index is -0.522. The predicted molar refractivity (Wildman–Crippen MR) is 62.3 cm³/mol. The highest BCUT2D eigenvalue weighted by atomic mass is 16.7. The summed E-state index contributed by atoms with van der Waals surface area (Å²) in [5, 5.41) is 1.16. The second-order valence-electron chi connectivity index (χ2n) is 3.33. The number of hydroxylamine groups is 1. The van der Waals surface area contributed by atoms with E-state index in [-0.39, 0.29) is 0 Å². The van der Waals surface area contributed by atoms with Gasteiger partial charge in [-0.2, -0.15) is 5.06 Å². The monoisotopic (exact) mass is 223 g/mol. The Labute approximate surface area is 95.7 Å². The molecule has 1 amide bonds. The average Bonchev–Trinajstić information content (AvgIpc) is 2.32. The number of hydrogen-bond donors (Lipinski definition) is 0. The molecule has 1 aromatic carbocycles. The van der Waals surface area contributed by atoms with Crippen LogP contribution in [0.25, 0.3) is 0 Å². The van der Waals surface area contributed by atoms with E-state index >= 15 is 0 Å². The predicted octanol–water partition coefficient (Wildman–Crippen LogP) is 2.77. The fraction of sp³-hybridized carbons (Fsp3) is 0.417. The van der Waals surface area contributed by atoms with Gasteiger partial charge in [-0.05, 0) is 18.1 Å². The summed E-state index contributed by atoms with van der Waals surface area (Å²) in [5.41, 5.74) is 1.80. The molecule has 0 heterocycles. The third-order valence-corrected chi connectivity index (χ3v) is 2.25. The molecule has 4 heteroatoms. The molecule has 1 aromatic rings. The summed E-state index contributed by atoms with van der Waals surface area (Å²) >= 11 is 0. The Morgan fingerprint density at radius 1 is 1.31 bits per heavy atom. The lowest BCUT2D eigenvalue weighted by Crippen LogP contribution is -2.30. The Bertz CT molecular complexity index is 352. The summed E-state index contributed by atoms with van der Waals surface area (Å²) in [6, 6.07) is 7.63. The highest BCUT2D eigenvalue weighted by Gasteiger charge is 2.18. The minimum Gasteiger partial charge on any atom is -0.451 e. The molecule has 0 fully saturated rings. The zero-order valence-corrected chi connectivity index (χ0v) is 9.90. The highest BCUT2D eigenvalue weighted by molar-refractivity contribution is 5.86. The van der Waals surface area contributed by atoms with Crippen LogP contribution in [0.15, 0.2) is 24.3 Å². The number of para-hydroxylation sites is 1. The van der Waals surface area contributed by atoms with Crippen molar-refractivity contribution in [1.82, 2.24) is 0 Å². The zero-order chi connectivity index (χ0) is 12.0. The van der Waals surface area contributed by atoms with Gasteiger partial charge in [0.05, 0.1) is 19.9 Å². The lowest BCUT2D eigenvalue weighted by atomic mass is 10.1. The van der Waals surface area contributed by atoms with Gasteiger partial charge < -0.3 is 4.74 Å². The Morgan fingerprint density at radius 3 is 2.56 bits per heavy atom. The van der Waals surface area contributed by atoms with Gasteiger partial charge in [-0.15, -0.1) is 0 Å². The standard InChI is InChI=1S/C12H17NO3/c1-4-7-10-8-5-6-9-11(10)13(16-3)12(14)15-2/h5-6,8-9H,4,7H2,1-3H3. The number of aryl methyl sites for hydroxylation is 1. The van der Waals surface area contributed by atoms with Crippen LogP contribution in [-0.4, -0.2) is 20.3 Å². The van der Waals surface area contributed by atoms with Crippen LogP contribution >= 0.6 is 0 Å². The number of carbonyl (C=O) groups excluding carboxylic acids is 1. The molecule has 0 radical (unpaired) electrons. The van der Waals surface area contributed by atoms with Crippen LogP contribution < -0.4 is 5.06 Å². The fourth-order valence-corrected chi connectivity index (χ4v) is 1.54. The van der Waals surface area contributed by atoms with Crippen molar-refractivity contribution in [2.24, 2.45) is 0 Å². The second kappa shape index (κ2) is 6.12. The Balaban J connectivity index is 3.03. The molecule has 88 valence electrons. The molecule has 4 nitrogen and oxygen atoms in total. The molecule has 0 atom stereocenters. The van der Waals surface area contributed by atoms with Gasteiger partial charge in [-0.3, -0.25) is 4.84 Å². The number of nitrogens with zero attached hydrogens (tertiary/aromatic N) is 1. The van der Waals surface area contributed by atoms with E-state index in [0.717, 1.165) is 29.2 Å². The van der Waals surface area contributed by atoms with Crippen molar-refractivity contribution in [1.29, 1.82) is 0 Å². The largest absolute Gasteiger partial charge is 0.451 e. The summed E-state index contributed by atoms with van der Waals surface area (Å²) in [7, 11) is 2.77. The van der Waals surface area contributed by atoms with Crippen molar-refractivity contribution in [2.75, 3.05) is 19.3 Å². The first-order valence-corrected chi connectivity index (χ1v) is 5.24. The molecule has 0 aliphatic rings. The first kappa shape index (κ1) is 12.5. The van der Waals surface area contributed by atoms with E-state index < -0.39 is 6.09 Å². The number of rotatable bonds is 4. The van der Waals surface area contributed by atoms with Crippen molar-refractivity contribution < 1.29 is 14.4 Å².